The first-order valence-electron chi connectivity index (χ1n) is 7.04. The standard InChI is InChI=1S/C16H17N3O2/c1-2-8-19-15-6-4-3-5-13(15)14(18-19)10-17-16(20)12-7-9-21-11-12/h3-7,9,11H,2,8,10H2,1H3,(H,17,20). The predicted molar refractivity (Wildman–Crippen MR) is 79.9 cm³/mol. The molecule has 0 spiro atoms. The molecule has 1 amide bonds. The van der Waals surface area contributed by atoms with Crippen molar-refractivity contribution >= 4 is 16.8 Å². The molecule has 0 aliphatic heterocycles. The Morgan fingerprint density at radius 3 is 2.95 bits per heavy atom. The third-order valence-corrected chi connectivity index (χ3v) is 3.37. The Morgan fingerprint density at radius 1 is 1.33 bits per heavy atom. The van der Waals surface area contributed by atoms with Gasteiger partial charge in [0.15, 0.2) is 0 Å². The van der Waals surface area contributed by atoms with Gasteiger partial charge >= 0.3 is 0 Å². The maximum Gasteiger partial charge on any atom is 0.254 e. The summed E-state index contributed by atoms with van der Waals surface area (Å²) in [5.74, 6) is -0.155. The summed E-state index contributed by atoms with van der Waals surface area (Å²) in [5, 5.41) is 8.57. The molecule has 1 N–H and O–H groups in total. The van der Waals surface area contributed by atoms with E-state index in [1.165, 1.54) is 12.5 Å². The van der Waals surface area contributed by atoms with Gasteiger partial charge in [0.25, 0.3) is 5.91 Å². The fraction of sp³-hybridized carbons (Fsp3) is 0.250. The van der Waals surface area contributed by atoms with Gasteiger partial charge < -0.3 is 9.73 Å². The lowest BCUT2D eigenvalue weighted by molar-refractivity contribution is 0.0950. The second-order valence-electron chi connectivity index (χ2n) is 4.88. The van der Waals surface area contributed by atoms with E-state index in [-0.39, 0.29) is 5.91 Å². The Balaban J connectivity index is 1.82. The zero-order valence-electron chi connectivity index (χ0n) is 11.9. The molecule has 2 heterocycles. The molecule has 0 fully saturated rings. The SMILES string of the molecule is CCCn1nc(CNC(=O)c2ccoc2)c2ccccc21. The van der Waals surface area contributed by atoms with Crippen molar-refractivity contribution in [1.82, 2.24) is 15.1 Å². The van der Waals surface area contributed by atoms with Crippen LogP contribution in [0.5, 0.6) is 0 Å². The second-order valence-corrected chi connectivity index (χ2v) is 4.88. The van der Waals surface area contributed by atoms with Gasteiger partial charge in [-0.25, -0.2) is 0 Å². The van der Waals surface area contributed by atoms with E-state index in [1.807, 2.05) is 22.9 Å². The number of nitrogens with one attached hydrogen (secondary N) is 1. The Morgan fingerprint density at radius 2 is 2.19 bits per heavy atom. The normalized spacial score (nSPS) is 10.9. The number of nitrogens with zero attached hydrogens (tertiary/aromatic N) is 2. The fourth-order valence-electron chi connectivity index (χ4n) is 2.37. The van der Waals surface area contributed by atoms with Crippen LogP contribution < -0.4 is 5.32 Å². The number of para-hydroxylation sites is 1. The molecule has 0 aliphatic carbocycles. The molecule has 0 atom stereocenters. The smallest absolute Gasteiger partial charge is 0.254 e. The van der Waals surface area contributed by atoms with Gasteiger partial charge in [0.05, 0.1) is 29.6 Å². The van der Waals surface area contributed by atoms with Crippen LogP contribution in [-0.2, 0) is 13.1 Å². The van der Waals surface area contributed by atoms with Crippen LogP contribution >= 0.6 is 0 Å². The number of carbonyl (C=O) groups excluding carboxylic acids is 1. The van der Waals surface area contributed by atoms with Crippen molar-refractivity contribution in [3.63, 3.8) is 0 Å². The average molecular weight is 283 g/mol. The van der Waals surface area contributed by atoms with E-state index in [1.54, 1.807) is 6.07 Å². The van der Waals surface area contributed by atoms with Crippen molar-refractivity contribution in [2.75, 3.05) is 0 Å². The minimum Gasteiger partial charge on any atom is -0.472 e. The summed E-state index contributed by atoms with van der Waals surface area (Å²) < 4.78 is 6.91. The minimum absolute atomic E-state index is 0.155. The van der Waals surface area contributed by atoms with E-state index in [9.17, 15) is 4.79 Å². The Hall–Kier alpha value is -2.56. The number of fused-ring (bicyclic) bond motifs is 1. The Kier molecular flexibility index (Phi) is 3.73. The zero-order chi connectivity index (χ0) is 14.7. The summed E-state index contributed by atoms with van der Waals surface area (Å²) in [6, 6.07) is 9.72. The summed E-state index contributed by atoms with van der Waals surface area (Å²) in [4.78, 5) is 11.9. The van der Waals surface area contributed by atoms with Crippen LogP contribution in [0.15, 0.2) is 47.3 Å². The molecule has 3 aromatic rings. The molecule has 0 unspecified atom stereocenters. The van der Waals surface area contributed by atoms with Crippen molar-refractivity contribution in [2.45, 2.75) is 26.4 Å². The molecule has 0 saturated heterocycles. The van der Waals surface area contributed by atoms with Gasteiger partial charge in [0, 0.05) is 11.9 Å². The largest absolute Gasteiger partial charge is 0.472 e. The van der Waals surface area contributed by atoms with Crippen molar-refractivity contribution in [1.29, 1.82) is 0 Å². The van der Waals surface area contributed by atoms with E-state index in [0.29, 0.717) is 12.1 Å². The summed E-state index contributed by atoms with van der Waals surface area (Å²) in [7, 11) is 0. The van der Waals surface area contributed by atoms with E-state index in [4.69, 9.17) is 4.42 Å². The first-order chi connectivity index (χ1) is 10.3. The first-order valence-corrected chi connectivity index (χ1v) is 7.04. The third-order valence-electron chi connectivity index (χ3n) is 3.37. The first kappa shape index (κ1) is 13.4. The molecule has 0 bridgehead atoms. The van der Waals surface area contributed by atoms with Gasteiger partial charge in [-0.05, 0) is 18.6 Å². The molecule has 0 saturated carbocycles. The molecule has 2 aromatic heterocycles. The Bertz CT molecular complexity index is 744. The van der Waals surface area contributed by atoms with E-state index < -0.39 is 0 Å². The highest BCUT2D eigenvalue weighted by atomic mass is 16.3. The van der Waals surface area contributed by atoms with Gasteiger partial charge in [0.1, 0.15) is 6.26 Å². The van der Waals surface area contributed by atoms with Crippen molar-refractivity contribution < 1.29 is 9.21 Å². The summed E-state index contributed by atoms with van der Waals surface area (Å²) in [6.45, 7) is 3.40. The maximum atomic E-state index is 11.9. The van der Waals surface area contributed by atoms with Gasteiger partial charge in [-0.15, -0.1) is 0 Å². The number of furan rings is 1. The molecule has 3 rings (SSSR count). The van der Waals surface area contributed by atoms with Crippen LogP contribution in [0.4, 0.5) is 0 Å². The number of benzene rings is 1. The van der Waals surface area contributed by atoms with Crippen LogP contribution in [0.1, 0.15) is 29.4 Å². The van der Waals surface area contributed by atoms with Crippen LogP contribution in [0.2, 0.25) is 0 Å². The van der Waals surface area contributed by atoms with Gasteiger partial charge in [-0.3, -0.25) is 9.48 Å². The molecule has 0 aliphatic rings. The van der Waals surface area contributed by atoms with E-state index >= 15 is 0 Å². The zero-order valence-corrected chi connectivity index (χ0v) is 11.9. The van der Waals surface area contributed by atoms with Gasteiger partial charge in [0.2, 0.25) is 0 Å². The fourth-order valence-corrected chi connectivity index (χ4v) is 2.37. The third kappa shape index (κ3) is 2.67. The minimum atomic E-state index is -0.155. The van der Waals surface area contributed by atoms with Crippen molar-refractivity contribution in [3.05, 3.63) is 54.1 Å². The highest BCUT2D eigenvalue weighted by Crippen LogP contribution is 2.18. The lowest BCUT2D eigenvalue weighted by atomic mass is 10.2. The maximum absolute atomic E-state index is 11.9. The summed E-state index contributed by atoms with van der Waals surface area (Å²) in [5.41, 5.74) is 2.51. The van der Waals surface area contributed by atoms with Crippen molar-refractivity contribution in [3.8, 4) is 0 Å². The number of aryl methyl sites for hydroxylation is 1. The molecular weight excluding hydrogens is 266 g/mol. The summed E-state index contributed by atoms with van der Waals surface area (Å²) >= 11 is 0. The number of rotatable bonds is 5. The number of aromatic nitrogens is 2. The van der Waals surface area contributed by atoms with E-state index in [2.05, 4.69) is 23.4 Å². The lowest BCUT2D eigenvalue weighted by Crippen LogP contribution is -2.22. The number of hydrogen-bond acceptors (Lipinski definition) is 3. The molecule has 1 aromatic carbocycles. The van der Waals surface area contributed by atoms with Crippen molar-refractivity contribution in [2.24, 2.45) is 0 Å². The molecule has 5 heteroatoms. The number of carbonyl (C=O) groups is 1. The van der Waals surface area contributed by atoms with Crippen LogP contribution in [0.25, 0.3) is 10.9 Å². The summed E-state index contributed by atoms with van der Waals surface area (Å²) in [6.07, 6.45) is 3.94. The van der Waals surface area contributed by atoms with Gasteiger partial charge in [-0.2, -0.15) is 5.10 Å². The number of hydrogen-bond donors (Lipinski definition) is 1. The molecular formula is C16H17N3O2. The number of amides is 1. The average Bonchev–Trinajstić information content (AvgIpc) is 3.14. The quantitative estimate of drug-likeness (QED) is 0.783. The lowest BCUT2D eigenvalue weighted by Gasteiger charge is -2.01. The monoisotopic (exact) mass is 283 g/mol. The van der Waals surface area contributed by atoms with Gasteiger partial charge in [-0.1, -0.05) is 25.1 Å². The Labute approximate surface area is 122 Å². The molecule has 5 nitrogen and oxygen atoms in total. The second kappa shape index (κ2) is 5.83. The topological polar surface area (TPSA) is 60.1 Å². The van der Waals surface area contributed by atoms with Crippen LogP contribution in [-0.4, -0.2) is 15.7 Å². The van der Waals surface area contributed by atoms with Crippen LogP contribution in [0.3, 0.4) is 0 Å². The molecule has 108 valence electrons. The predicted octanol–water partition coefficient (Wildman–Crippen LogP) is 2.97. The van der Waals surface area contributed by atoms with E-state index in [0.717, 1.165) is 29.6 Å². The molecule has 21 heavy (non-hydrogen) atoms. The van der Waals surface area contributed by atoms with Crippen LogP contribution in [0, 0.1) is 0 Å². The molecule has 0 radical (unpaired) electrons. The highest BCUT2D eigenvalue weighted by Gasteiger charge is 2.12. The highest BCUT2D eigenvalue weighted by molar-refractivity contribution is 5.94.